The molecule has 5 heteroatoms. The van der Waals surface area contributed by atoms with Crippen molar-refractivity contribution in [3.05, 3.63) is 57.3 Å². The first kappa shape index (κ1) is 17.7. The number of carbonyl (C=O) groups excluding carboxylic acids is 1. The topological polar surface area (TPSA) is 47.3 Å². The highest BCUT2D eigenvalue weighted by Gasteiger charge is 2.24. The van der Waals surface area contributed by atoms with Gasteiger partial charge in [0, 0.05) is 30.6 Å². The molecule has 2 heterocycles. The molecule has 0 atom stereocenters. The number of carbonyl (C=O) groups is 1. The van der Waals surface area contributed by atoms with Gasteiger partial charge in [-0.05, 0) is 55.0 Å². The van der Waals surface area contributed by atoms with Crippen molar-refractivity contribution in [2.24, 2.45) is 0 Å². The second-order valence-electron chi connectivity index (χ2n) is 6.74. The Morgan fingerprint density at radius 2 is 2.08 bits per heavy atom. The molecule has 0 spiro atoms. The SMILES string of the molecule is CC(C)N(CC(=O)N1CCc2sccc2C1)Cc1ccc(C#N)cc1. The van der Waals surface area contributed by atoms with Gasteiger partial charge >= 0.3 is 0 Å². The summed E-state index contributed by atoms with van der Waals surface area (Å²) in [6, 6.07) is 12.2. The molecule has 3 rings (SSSR count). The van der Waals surface area contributed by atoms with Crippen LogP contribution in [-0.4, -0.2) is 34.8 Å². The van der Waals surface area contributed by atoms with Crippen LogP contribution in [0, 0.1) is 11.3 Å². The molecule has 1 aliphatic heterocycles. The monoisotopic (exact) mass is 353 g/mol. The van der Waals surface area contributed by atoms with E-state index in [-0.39, 0.29) is 11.9 Å². The summed E-state index contributed by atoms with van der Waals surface area (Å²) in [5.41, 5.74) is 3.09. The van der Waals surface area contributed by atoms with Crippen LogP contribution in [0.2, 0.25) is 0 Å². The summed E-state index contributed by atoms with van der Waals surface area (Å²) in [4.78, 5) is 18.4. The largest absolute Gasteiger partial charge is 0.337 e. The molecule has 0 saturated carbocycles. The molecule has 25 heavy (non-hydrogen) atoms. The first-order valence-corrected chi connectivity index (χ1v) is 9.51. The Morgan fingerprint density at radius 3 is 2.76 bits per heavy atom. The number of thiophene rings is 1. The van der Waals surface area contributed by atoms with Crippen LogP contribution >= 0.6 is 11.3 Å². The van der Waals surface area contributed by atoms with Crippen LogP contribution in [0.5, 0.6) is 0 Å². The van der Waals surface area contributed by atoms with Gasteiger partial charge in [0.15, 0.2) is 0 Å². The van der Waals surface area contributed by atoms with E-state index in [4.69, 9.17) is 5.26 Å². The minimum Gasteiger partial charge on any atom is -0.337 e. The van der Waals surface area contributed by atoms with Crippen molar-refractivity contribution in [1.29, 1.82) is 5.26 Å². The molecule has 0 N–H and O–H groups in total. The number of hydrogen-bond acceptors (Lipinski definition) is 4. The van der Waals surface area contributed by atoms with Crippen LogP contribution in [0.4, 0.5) is 0 Å². The number of nitrogens with zero attached hydrogens (tertiary/aromatic N) is 3. The van der Waals surface area contributed by atoms with E-state index < -0.39 is 0 Å². The average Bonchev–Trinajstić information content (AvgIpc) is 3.09. The first-order valence-electron chi connectivity index (χ1n) is 8.63. The third kappa shape index (κ3) is 4.28. The van der Waals surface area contributed by atoms with Crippen LogP contribution < -0.4 is 0 Å². The molecular weight excluding hydrogens is 330 g/mol. The lowest BCUT2D eigenvalue weighted by Crippen LogP contribution is -2.44. The lowest BCUT2D eigenvalue weighted by Gasteiger charge is -2.32. The summed E-state index contributed by atoms with van der Waals surface area (Å²) < 4.78 is 0. The highest BCUT2D eigenvalue weighted by Crippen LogP contribution is 2.24. The molecule has 0 fully saturated rings. The normalized spacial score (nSPS) is 13.8. The smallest absolute Gasteiger partial charge is 0.237 e. The fourth-order valence-electron chi connectivity index (χ4n) is 3.08. The van der Waals surface area contributed by atoms with Gasteiger partial charge in [0.2, 0.25) is 5.91 Å². The minimum atomic E-state index is 0.194. The van der Waals surface area contributed by atoms with E-state index in [0.29, 0.717) is 18.7 Å². The lowest BCUT2D eigenvalue weighted by atomic mass is 10.1. The summed E-state index contributed by atoms with van der Waals surface area (Å²) in [5, 5.41) is 11.0. The number of benzene rings is 1. The fourth-order valence-corrected chi connectivity index (χ4v) is 3.97. The second kappa shape index (κ2) is 7.81. The highest BCUT2D eigenvalue weighted by atomic mass is 32.1. The Bertz CT molecular complexity index is 773. The summed E-state index contributed by atoms with van der Waals surface area (Å²) in [5.74, 6) is 0.194. The lowest BCUT2D eigenvalue weighted by molar-refractivity contribution is -0.134. The molecular formula is C20H23N3OS. The van der Waals surface area contributed by atoms with E-state index in [1.54, 1.807) is 11.3 Å². The van der Waals surface area contributed by atoms with Gasteiger partial charge in [0.05, 0.1) is 18.2 Å². The Hall–Kier alpha value is -2.16. The summed E-state index contributed by atoms with van der Waals surface area (Å²) in [6.45, 7) is 6.92. The maximum Gasteiger partial charge on any atom is 0.237 e. The summed E-state index contributed by atoms with van der Waals surface area (Å²) >= 11 is 1.79. The molecule has 130 valence electrons. The first-order chi connectivity index (χ1) is 12.1. The summed E-state index contributed by atoms with van der Waals surface area (Å²) in [7, 11) is 0. The van der Waals surface area contributed by atoms with Gasteiger partial charge in [-0.25, -0.2) is 0 Å². The van der Waals surface area contributed by atoms with Gasteiger partial charge in [-0.2, -0.15) is 5.26 Å². The van der Waals surface area contributed by atoms with Gasteiger partial charge in [0.25, 0.3) is 0 Å². The van der Waals surface area contributed by atoms with E-state index in [2.05, 4.69) is 36.3 Å². The maximum atomic E-state index is 12.8. The number of rotatable bonds is 5. The average molecular weight is 353 g/mol. The Morgan fingerprint density at radius 1 is 1.32 bits per heavy atom. The van der Waals surface area contributed by atoms with Crippen LogP contribution in [-0.2, 0) is 24.3 Å². The molecule has 1 aromatic carbocycles. The molecule has 1 aromatic heterocycles. The van der Waals surface area contributed by atoms with Crippen LogP contribution in [0.3, 0.4) is 0 Å². The zero-order valence-electron chi connectivity index (χ0n) is 14.7. The molecule has 0 unspecified atom stereocenters. The van der Waals surface area contributed by atoms with E-state index in [0.717, 1.165) is 25.1 Å². The molecule has 0 aliphatic carbocycles. The minimum absolute atomic E-state index is 0.194. The quantitative estimate of drug-likeness (QED) is 0.827. The van der Waals surface area contributed by atoms with Crippen molar-refractivity contribution in [3.63, 3.8) is 0 Å². The van der Waals surface area contributed by atoms with Crippen molar-refractivity contribution in [2.75, 3.05) is 13.1 Å². The van der Waals surface area contributed by atoms with Gasteiger partial charge < -0.3 is 4.90 Å². The molecule has 4 nitrogen and oxygen atoms in total. The van der Waals surface area contributed by atoms with Crippen LogP contribution in [0.15, 0.2) is 35.7 Å². The van der Waals surface area contributed by atoms with Crippen molar-refractivity contribution in [2.45, 2.75) is 39.4 Å². The van der Waals surface area contributed by atoms with Crippen LogP contribution in [0.1, 0.15) is 35.4 Å². The Labute approximate surface area is 153 Å². The molecule has 1 aliphatic rings. The Kier molecular flexibility index (Phi) is 5.52. The molecule has 0 radical (unpaired) electrons. The molecule has 0 saturated heterocycles. The zero-order valence-corrected chi connectivity index (χ0v) is 15.6. The number of amides is 1. The van der Waals surface area contributed by atoms with Gasteiger partial charge in [-0.15, -0.1) is 11.3 Å². The van der Waals surface area contributed by atoms with E-state index in [9.17, 15) is 4.79 Å². The Balaban J connectivity index is 1.63. The molecule has 2 aromatic rings. The highest BCUT2D eigenvalue weighted by molar-refractivity contribution is 7.10. The predicted octanol–water partition coefficient (Wildman–Crippen LogP) is 3.42. The maximum absolute atomic E-state index is 12.8. The number of hydrogen-bond donors (Lipinski definition) is 0. The third-order valence-corrected chi connectivity index (χ3v) is 5.72. The van der Waals surface area contributed by atoms with Gasteiger partial charge in [0.1, 0.15) is 0 Å². The van der Waals surface area contributed by atoms with Crippen molar-refractivity contribution >= 4 is 17.2 Å². The third-order valence-electron chi connectivity index (χ3n) is 4.70. The number of fused-ring (bicyclic) bond motifs is 1. The van der Waals surface area contributed by atoms with E-state index in [1.165, 1.54) is 10.4 Å². The molecule has 1 amide bonds. The fraction of sp³-hybridized carbons (Fsp3) is 0.400. The standard InChI is InChI=1S/C20H23N3OS/c1-15(2)23(12-17-5-3-16(11-21)4-6-17)14-20(24)22-9-7-19-18(13-22)8-10-25-19/h3-6,8,10,15H,7,9,12-14H2,1-2H3. The summed E-state index contributed by atoms with van der Waals surface area (Å²) in [6.07, 6.45) is 0.968. The van der Waals surface area contributed by atoms with Crippen molar-refractivity contribution in [1.82, 2.24) is 9.80 Å². The van der Waals surface area contributed by atoms with Crippen molar-refractivity contribution in [3.8, 4) is 6.07 Å². The number of nitriles is 1. The van der Waals surface area contributed by atoms with Crippen LogP contribution in [0.25, 0.3) is 0 Å². The predicted molar refractivity (Wildman–Crippen MR) is 100 cm³/mol. The zero-order chi connectivity index (χ0) is 17.8. The van der Waals surface area contributed by atoms with Crippen molar-refractivity contribution < 1.29 is 4.79 Å². The van der Waals surface area contributed by atoms with Gasteiger partial charge in [-0.1, -0.05) is 12.1 Å². The molecule has 0 bridgehead atoms. The second-order valence-corrected chi connectivity index (χ2v) is 7.74. The van der Waals surface area contributed by atoms with E-state index in [1.807, 2.05) is 29.2 Å². The van der Waals surface area contributed by atoms with E-state index >= 15 is 0 Å². The van der Waals surface area contributed by atoms with Gasteiger partial charge in [-0.3, -0.25) is 9.69 Å².